The molecule has 1 fully saturated rings. The predicted molar refractivity (Wildman–Crippen MR) is 146 cm³/mol. The number of halogens is 1. The van der Waals surface area contributed by atoms with E-state index in [1.54, 1.807) is 13.3 Å². The molecule has 4 rings (SSSR count). The molecule has 2 heterocycles. The number of rotatable bonds is 11. The van der Waals surface area contributed by atoms with Gasteiger partial charge >= 0.3 is 0 Å². The Morgan fingerprint density at radius 1 is 1.00 bits per heavy atom. The standard InChI is InChI=1S/C28H33BrN4O3/c1-35-24-9-7-23(8-10-24)25-4-2-3-5-26(25)33-15-13-32(14-16-33)17-19-36-18-12-28(34)31-21-22-6-11-27(29)30-20-22/h2-11,20H,12-19,21H2,1H3,(H,31,34). The molecule has 0 aliphatic carbocycles. The maximum Gasteiger partial charge on any atom is 0.222 e. The first-order valence-electron chi connectivity index (χ1n) is 12.3. The number of para-hydroxylation sites is 1. The first kappa shape index (κ1) is 26.1. The van der Waals surface area contributed by atoms with Gasteiger partial charge < -0.3 is 19.7 Å². The van der Waals surface area contributed by atoms with E-state index in [4.69, 9.17) is 9.47 Å². The van der Waals surface area contributed by atoms with E-state index in [1.807, 2.05) is 24.3 Å². The third-order valence-corrected chi connectivity index (χ3v) is 6.79. The minimum Gasteiger partial charge on any atom is -0.497 e. The van der Waals surface area contributed by atoms with Crippen LogP contribution >= 0.6 is 15.9 Å². The molecule has 7 nitrogen and oxygen atoms in total. The summed E-state index contributed by atoms with van der Waals surface area (Å²) in [5.41, 5.74) is 4.67. The van der Waals surface area contributed by atoms with Crippen molar-refractivity contribution < 1.29 is 14.3 Å². The highest BCUT2D eigenvalue weighted by molar-refractivity contribution is 9.10. The molecule has 0 atom stereocenters. The Hall–Kier alpha value is -2.94. The minimum absolute atomic E-state index is 0.0120. The van der Waals surface area contributed by atoms with Crippen LogP contribution in [0.2, 0.25) is 0 Å². The number of methoxy groups -OCH3 is 1. The van der Waals surface area contributed by atoms with Gasteiger partial charge in [-0.3, -0.25) is 9.69 Å². The van der Waals surface area contributed by atoms with E-state index in [1.165, 1.54) is 16.8 Å². The predicted octanol–water partition coefficient (Wildman–Crippen LogP) is 4.36. The van der Waals surface area contributed by atoms with Crippen LogP contribution in [-0.4, -0.2) is 68.8 Å². The van der Waals surface area contributed by atoms with Crippen molar-refractivity contribution in [3.05, 3.63) is 77.0 Å². The summed E-state index contributed by atoms with van der Waals surface area (Å²) in [5, 5.41) is 2.90. The SMILES string of the molecule is COc1ccc(-c2ccccc2N2CCN(CCOCCC(=O)NCc3ccc(Br)nc3)CC2)cc1. The van der Waals surface area contributed by atoms with Gasteiger partial charge in [-0.2, -0.15) is 0 Å². The Labute approximate surface area is 221 Å². The molecule has 0 spiro atoms. The Morgan fingerprint density at radius 2 is 1.78 bits per heavy atom. The lowest BCUT2D eigenvalue weighted by Crippen LogP contribution is -2.47. The molecule has 1 N–H and O–H groups in total. The molecule has 0 radical (unpaired) electrons. The van der Waals surface area contributed by atoms with E-state index in [2.05, 4.69) is 72.4 Å². The van der Waals surface area contributed by atoms with Crippen molar-refractivity contribution in [1.29, 1.82) is 0 Å². The summed E-state index contributed by atoms with van der Waals surface area (Å²) < 4.78 is 11.8. The van der Waals surface area contributed by atoms with Gasteiger partial charge in [0.2, 0.25) is 5.91 Å². The van der Waals surface area contributed by atoms with Gasteiger partial charge in [-0.05, 0) is 51.3 Å². The number of nitrogens with one attached hydrogen (secondary N) is 1. The Bertz CT molecular complexity index is 1100. The van der Waals surface area contributed by atoms with Crippen molar-refractivity contribution >= 4 is 27.5 Å². The molecule has 1 aliphatic heterocycles. The van der Waals surface area contributed by atoms with Crippen molar-refractivity contribution in [2.75, 3.05) is 57.9 Å². The van der Waals surface area contributed by atoms with Crippen molar-refractivity contribution in [2.45, 2.75) is 13.0 Å². The van der Waals surface area contributed by atoms with E-state index in [-0.39, 0.29) is 5.91 Å². The molecule has 36 heavy (non-hydrogen) atoms. The molecule has 1 amide bonds. The van der Waals surface area contributed by atoms with Gasteiger partial charge in [-0.1, -0.05) is 36.4 Å². The molecule has 190 valence electrons. The van der Waals surface area contributed by atoms with Gasteiger partial charge in [0.1, 0.15) is 10.4 Å². The number of ether oxygens (including phenoxy) is 2. The quantitative estimate of drug-likeness (QED) is 0.281. The van der Waals surface area contributed by atoms with Crippen molar-refractivity contribution in [3.8, 4) is 16.9 Å². The number of hydrogen-bond donors (Lipinski definition) is 1. The average molecular weight is 554 g/mol. The van der Waals surface area contributed by atoms with E-state index in [9.17, 15) is 4.79 Å². The molecular weight excluding hydrogens is 520 g/mol. The zero-order chi connectivity index (χ0) is 25.2. The molecule has 0 bridgehead atoms. The maximum atomic E-state index is 12.0. The van der Waals surface area contributed by atoms with Crippen molar-refractivity contribution in [3.63, 3.8) is 0 Å². The number of piperazine rings is 1. The first-order chi connectivity index (χ1) is 17.6. The Kier molecular flexibility index (Phi) is 9.72. The highest BCUT2D eigenvalue weighted by Crippen LogP contribution is 2.32. The monoisotopic (exact) mass is 552 g/mol. The number of benzene rings is 2. The van der Waals surface area contributed by atoms with Crippen LogP contribution in [0.15, 0.2) is 71.5 Å². The highest BCUT2D eigenvalue weighted by Gasteiger charge is 2.19. The third kappa shape index (κ3) is 7.53. The molecule has 0 saturated carbocycles. The minimum atomic E-state index is -0.0120. The van der Waals surface area contributed by atoms with Gasteiger partial charge in [0.15, 0.2) is 0 Å². The molecule has 2 aromatic carbocycles. The average Bonchev–Trinajstić information content (AvgIpc) is 2.93. The number of carbonyl (C=O) groups excluding carboxylic acids is 1. The molecule has 3 aromatic rings. The fourth-order valence-electron chi connectivity index (χ4n) is 4.24. The molecule has 1 aromatic heterocycles. The second-order valence-electron chi connectivity index (χ2n) is 8.70. The number of amides is 1. The van der Waals surface area contributed by atoms with Crippen LogP contribution in [0.25, 0.3) is 11.1 Å². The fraction of sp³-hybridized carbons (Fsp3) is 0.357. The number of nitrogens with zero attached hydrogens (tertiary/aromatic N) is 3. The summed E-state index contributed by atoms with van der Waals surface area (Å²) in [6.07, 6.45) is 2.11. The lowest BCUT2D eigenvalue weighted by Gasteiger charge is -2.37. The summed E-state index contributed by atoms with van der Waals surface area (Å²) in [6.45, 7) is 6.34. The summed E-state index contributed by atoms with van der Waals surface area (Å²) in [5.74, 6) is 0.855. The van der Waals surface area contributed by atoms with Crippen LogP contribution < -0.4 is 15.0 Å². The normalized spacial score (nSPS) is 14.0. The van der Waals surface area contributed by atoms with Crippen LogP contribution in [0.3, 0.4) is 0 Å². The topological polar surface area (TPSA) is 66.9 Å². The van der Waals surface area contributed by atoms with Crippen molar-refractivity contribution in [1.82, 2.24) is 15.2 Å². The van der Waals surface area contributed by atoms with Crippen LogP contribution in [0.5, 0.6) is 5.75 Å². The van der Waals surface area contributed by atoms with Crippen molar-refractivity contribution in [2.24, 2.45) is 0 Å². The third-order valence-electron chi connectivity index (χ3n) is 6.32. The summed E-state index contributed by atoms with van der Waals surface area (Å²) in [6, 6.07) is 20.6. The summed E-state index contributed by atoms with van der Waals surface area (Å²) in [7, 11) is 1.69. The number of carbonyl (C=O) groups is 1. The highest BCUT2D eigenvalue weighted by atomic mass is 79.9. The lowest BCUT2D eigenvalue weighted by molar-refractivity contribution is -0.122. The Morgan fingerprint density at radius 3 is 2.50 bits per heavy atom. The van der Waals surface area contributed by atoms with Gasteiger partial charge in [-0.25, -0.2) is 4.98 Å². The molecule has 0 unspecified atom stereocenters. The number of hydrogen-bond acceptors (Lipinski definition) is 6. The molecule has 8 heteroatoms. The van der Waals surface area contributed by atoms with Crippen LogP contribution in [0, 0.1) is 0 Å². The first-order valence-corrected chi connectivity index (χ1v) is 13.1. The van der Waals surface area contributed by atoms with E-state index >= 15 is 0 Å². The van der Waals surface area contributed by atoms with Crippen LogP contribution in [0.4, 0.5) is 5.69 Å². The van der Waals surface area contributed by atoms with Crippen LogP contribution in [0.1, 0.15) is 12.0 Å². The molecule has 1 saturated heterocycles. The van der Waals surface area contributed by atoms with Gasteiger partial charge in [0.05, 0.1) is 20.3 Å². The number of aromatic nitrogens is 1. The largest absolute Gasteiger partial charge is 0.497 e. The van der Waals surface area contributed by atoms with Crippen LogP contribution in [-0.2, 0) is 16.1 Å². The zero-order valence-corrected chi connectivity index (χ0v) is 22.2. The van der Waals surface area contributed by atoms with Gasteiger partial charge in [-0.15, -0.1) is 0 Å². The van der Waals surface area contributed by atoms with Gasteiger partial charge in [0.25, 0.3) is 0 Å². The maximum absolute atomic E-state index is 12.0. The fourth-order valence-corrected chi connectivity index (χ4v) is 4.47. The number of anilines is 1. The van der Waals surface area contributed by atoms with Gasteiger partial charge in [0, 0.05) is 63.1 Å². The molecular formula is C28H33BrN4O3. The lowest BCUT2D eigenvalue weighted by atomic mass is 10.0. The summed E-state index contributed by atoms with van der Waals surface area (Å²) in [4.78, 5) is 21.1. The van der Waals surface area contributed by atoms with E-state index in [0.717, 1.165) is 48.6 Å². The Balaban J connectivity index is 1.15. The van der Waals surface area contributed by atoms with E-state index < -0.39 is 0 Å². The number of pyridine rings is 1. The second-order valence-corrected chi connectivity index (χ2v) is 9.52. The molecule has 1 aliphatic rings. The zero-order valence-electron chi connectivity index (χ0n) is 20.7. The van der Waals surface area contributed by atoms with E-state index in [0.29, 0.717) is 26.2 Å². The second kappa shape index (κ2) is 13.4. The smallest absolute Gasteiger partial charge is 0.222 e. The summed E-state index contributed by atoms with van der Waals surface area (Å²) >= 11 is 3.31.